The standard InChI is InChI=1S/C22H13F3N2O4S2/c1-12-9-15(27(29)30)5-7-17(12)18-8-6-16(31-18)11-19-20(28)26(21(32)33-19)14-4-2-3-13(10-14)22(23,24)25/h2-11H,1H3/b19-11-. The molecule has 0 unspecified atom stereocenters. The van der Waals surface area contributed by atoms with Gasteiger partial charge in [0.25, 0.3) is 11.6 Å². The molecule has 0 spiro atoms. The summed E-state index contributed by atoms with van der Waals surface area (Å²) in [6.07, 6.45) is -3.09. The number of carbonyl (C=O) groups is 1. The lowest BCUT2D eigenvalue weighted by molar-refractivity contribution is -0.384. The van der Waals surface area contributed by atoms with E-state index in [0.717, 1.165) is 28.8 Å². The predicted molar refractivity (Wildman–Crippen MR) is 123 cm³/mol. The van der Waals surface area contributed by atoms with E-state index < -0.39 is 22.6 Å². The molecular formula is C22H13F3N2O4S2. The van der Waals surface area contributed by atoms with Crippen LogP contribution in [-0.4, -0.2) is 15.2 Å². The van der Waals surface area contributed by atoms with E-state index in [1.54, 1.807) is 25.1 Å². The predicted octanol–water partition coefficient (Wildman–Crippen LogP) is 6.59. The topological polar surface area (TPSA) is 76.6 Å². The van der Waals surface area contributed by atoms with Gasteiger partial charge in [0.2, 0.25) is 0 Å². The molecule has 11 heteroatoms. The zero-order valence-corrected chi connectivity index (χ0v) is 18.4. The molecule has 0 atom stereocenters. The summed E-state index contributed by atoms with van der Waals surface area (Å²) in [5.41, 5.74) is 0.392. The number of nitrogens with zero attached hydrogens (tertiary/aromatic N) is 2. The zero-order chi connectivity index (χ0) is 23.9. The van der Waals surface area contributed by atoms with Crippen molar-refractivity contribution in [2.45, 2.75) is 13.1 Å². The number of thioether (sulfide) groups is 1. The van der Waals surface area contributed by atoms with Gasteiger partial charge in [0.15, 0.2) is 4.32 Å². The van der Waals surface area contributed by atoms with Gasteiger partial charge < -0.3 is 4.42 Å². The van der Waals surface area contributed by atoms with Crippen LogP contribution in [0.5, 0.6) is 0 Å². The molecule has 168 valence electrons. The number of carbonyl (C=O) groups excluding carboxylic acids is 1. The van der Waals surface area contributed by atoms with Crippen molar-refractivity contribution in [3.8, 4) is 11.3 Å². The first-order chi connectivity index (χ1) is 15.5. The molecule has 0 bridgehead atoms. The molecule has 0 radical (unpaired) electrons. The number of alkyl halides is 3. The molecule has 0 aliphatic carbocycles. The normalized spacial score (nSPS) is 15.5. The molecule has 1 saturated heterocycles. The summed E-state index contributed by atoms with van der Waals surface area (Å²) in [6, 6.07) is 12.0. The van der Waals surface area contributed by atoms with Crippen LogP contribution < -0.4 is 4.90 Å². The number of thiocarbonyl (C=S) groups is 1. The van der Waals surface area contributed by atoms with Crippen LogP contribution in [0.4, 0.5) is 24.5 Å². The summed E-state index contributed by atoms with van der Waals surface area (Å²) in [5, 5.41) is 10.9. The molecule has 0 saturated carbocycles. The van der Waals surface area contributed by atoms with Crippen LogP contribution in [0, 0.1) is 17.0 Å². The monoisotopic (exact) mass is 490 g/mol. The van der Waals surface area contributed by atoms with Crippen LogP contribution in [0.15, 0.2) is 63.9 Å². The first-order valence-corrected chi connectivity index (χ1v) is 10.6. The fraction of sp³-hybridized carbons (Fsp3) is 0.0909. The van der Waals surface area contributed by atoms with E-state index in [1.807, 2.05) is 0 Å². The van der Waals surface area contributed by atoms with Crippen molar-refractivity contribution in [2.24, 2.45) is 0 Å². The third kappa shape index (κ3) is 4.55. The van der Waals surface area contributed by atoms with Gasteiger partial charge >= 0.3 is 6.18 Å². The second kappa shape index (κ2) is 8.49. The van der Waals surface area contributed by atoms with Crippen LogP contribution in [0.25, 0.3) is 17.4 Å². The lowest BCUT2D eigenvalue weighted by Crippen LogP contribution is -2.27. The minimum Gasteiger partial charge on any atom is -0.457 e. The summed E-state index contributed by atoms with van der Waals surface area (Å²) in [5.74, 6) is 0.211. The van der Waals surface area contributed by atoms with Gasteiger partial charge in [0, 0.05) is 23.8 Å². The van der Waals surface area contributed by atoms with Gasteiger partial charge in [-0.3, -0.25) is 19.8 Å². The van der Waals surface area contributed by atoms with Gasteiger partial charge in [-0.25, -0.2) is 0 Å². The van der Waals surface area contributed by atoms with Gasteiger partial charge in [-0.2, -0.15) is 13.2 Å². The number of benzene rings is 2. The van der Waals surface area contributed by atoms with Gasteiger partial charge in [-0.05, 0) is 48.9 Å². The van der Waals surface area contributed by atoms with E-state index in [4.69, 9.17) is 16.6 Å². The minimum absolute atomic E-state index is 0.0253. The highest BCUT2D eigenvalue weighted by atomic mass is 32.2. The number of non-ortho nitro benzene ring substituents is 1. The van der Waals surface area contributed by atoms with E-state index in [9.17, 15) is 28.1 Å². The molecule has 1 aromatic heterocycles. The van der Waals surface area contributed by atoms with Crippen LogP contribution in [-0.2, 0) is 11.0 Å². The molecular weight excluding hydrogens is 477 g/mol. The third-order valence-corrected chi connectivity index (χ3v) is 6.11. The summed E-state index contributed by atoms with van der Waals surface area (Å²) >= 11 is 6.17. The first kappa shape index (κ1) is 22.7. The van der Waals surface area contributed by atoms with E-state index in [-0.39, 0.29) is 20.6 Å². The molecule has 3 aromatic rings. The summed E-state index contributed by atoms with van der Waals surface area (Å²) in [6.45, 7) is 1.71. The highest BCUT2D eigenvalue weighted by Crippen LogP contribution is 2.39. The second-order valence-electron chi connectivity index (χ2n) is 7.02. The van der Waals surface area contributed by atoms with Crippen molar-refractivity contribution in [3.05, 3.63) is 86.5 Å². The molecule has 1 amide bonds. The van der Waals surface area contributed by atoms with Gasteiger partial charge in [0.05, 0.1) is 21.1 Å². The molecule has 6 nitrogen and oxygen atoms in total. The Hall–Kier alpha value is -3.44. The smallest absolute Gasteiger partial charge is 0.416 e. The largest absolute Gasteiger partial charge is 0.457 e. The maximum atomic E-state index is 13.0. The molecule has 1 aliphatic heterocycles. The van der Waals surface area contributed by atoms with E-state index >= 15 is 0 Å². The Bertz CT molecular complexity index is 1330. The molecule has 2 heterocycles. The van der Waals surface area contributed by atoms with E-state index in [0.29, 0.717) is 22.6 Å². The highest BCUT2D eigenvalue weighted by Gasteiger charge is 2.36. The van der Waals surface area contributed by atoms with Crippen molar-refractivity contribution in [2.75, 3.05) is 4.90 Å². The van der Waals surface area contributed by atoms with Crippen molar-refractivity contribution in [3.63, 3.8) is 0 Å². The zero-order valence-electron chi connectivity index (χ0n) is 16.8. The number of halogens is 3. The molecule has 1 fully saturated rings. The Kier molecular flexibility index (Phi) is 5.85. The lowest BCUT2D eigenvalue weighted by atomic mass is 10.1. The molecule has 33 heavy (non-hydrogen) atoms. The lowest BCUT2D eigenvalue weighted by Gasteiger charge is -2.16. The Morgan fingerprint density at radius 3 is 2.58 bits per heavy atom. The maximum absolute atomic E-state index is 13.0. The number of nitro groups is 1. The maximum Gasteiger partial charge on any atom is 0.416 e. The number of amides is 1. The van der Waals surface area contributed by atoms with Crippen molar-refractivity contribution < 1.29 is 27.3 Å². The second-order valence-corrected chi connectivity index (χ2v) is 8.70. The number of anilines is 1. The van der Waals surface area contributed by atoms with Crippen LogP contribution >= 0.6 is 24.0 Å². The average molecular weight is 490 g/mol. The molecule has 2 aromatic carbocycles. The fourth-order valence-electron chi connectivity index (χ4n) is 3.25. The van der Waals surface area contributed by atoms with Gasteiger partial charge in [-0.15, -0.1) is 0 Å². The number of rotatable bonds is 4. The minimum atomic E-state index is -4.55. The van der Waals surface area contributed by atoms with Crippen molar-refractivity contribution in [1.82, 2.24) is 0 Å². The molecule has 1 aliphatic rings. The highest BCUT2D eigenvalue weighted by molar-refractivity contribution is 8.27. The number of furan rings is 1. The van der Waals surface area contributed by atoms with Crippen LogP contribution in [0.1, 0.15) is 16.9 Å². The number of hydrogen-bond donors (Lipinski definition) is 0. The SMILES string of the molecule is Cc1cc([N+](=O)[O-])ccc1-c1ccc(/C=C2\SC(=S)N(c3cccc(C(F)(F)F)c3)C2=O)o1. The van der Waals surface area contributed by atoms with Crippen LogP contribution in [0.3, 0.4) is 0 Å². The van der Waals surface area contributed by atoms with Gasteiger partial charge in [0.1, 0.15) is 11.5 Å². The average Bonchev–Trinajstić information content (AvgIpc) is 3.31. The summed E-state index contributed by atoms with van der Waals surface area (Å²) in [4.78, 5) is 24.5. The quantitative estimate of drug-likeness (QED) is 0.178. The number of aryl methyl sites for hydroxylation is 1. The first-order valence-electron chi connectivity index (χ1n) is 9.35. The number of hydrogen-bond acceptors (Lipinski definition) is 6. The third-order valence-electron chi connectivity index (χ3n) is 4.81. The molecule has 0 N–H and O–H groups in total. The Morgan fingerprint density at radius 2 is 1.91 bits per heavy atom. The van der Waals surface area contributed by atoms with Crippen LogP contribution in [0.2, 0.25) is 0 Å². The van der Waals surface area contributed by atoms with E-state index in [2.05, 4.69) is 0 Å². The fourth-order valence-corrected chi connectivity index (χ4v) is 4.53. The van der Waals surface area contributed by atoms with Crippen molar-refractivity contribution >= 4 is 51.7 Å². The summed E-state index contributed by atoms with van der Waals surface area (Å²) < 4.78 is 45.0. The summed E-state index contributed by atoms with van der Waals surface area (Å²) in [7, 11) is 0. The number of nitro benzene ring substituents is 1. The Morgan fingerprint density at radius 1 is 1.15 bits per heavy atom. The Labute approximate surface area is 194 Å². The van der Waals surface area contributed by atoms with E-state index in [1.165, 1.54) is 30.3 Å². The molecule has 4 rings (SSSR count). The van der Waals surface area contributed by atoms with Crippen molar-refractivity contribution in [1.29, 1.82) is 0 Å². The van der Waals surface area contributed by atoms with Gasteiger partial charge in [-0.1, -0.05) is 30.0 Å². The Balaban J connectivity index is 1.61.